The van der Waals surface area contributed by atoms with Crippen molar-refractivity contribution in [1.29, 1.82) is 0 Å². The highest BCUT2D eigenvalue weighted by Crippen LogP contribution is 2.43. The molecular formula is C15H24O3. The minimum Gasteiger partial charge on any atom is -0.490 e. The van der Waals surface area contributed by atoms with E-state index in [-0.39, 0.29) is 5.78 Å². The molecule has 0 amide bonds. The molecule has 2 aliphatic rings. The Labute approximate surface area is 110 Å². The van der Waals surface area contributed by atoms with Crippen LogP contribution in [0, 0.1) is 5.41 Å². The van der Waals surface area contributed by atoms with Crippen molar-refractivity contribution in [3.8, 4) is 0 Å². The molecule has 0 aromatic carbocycles. The Morgan fingerprint density at radius 3 is 2.50 bits per heavy atom. The summed E-state index contributed by atoms with van der Waals surface area (Å²) in [5, 5.41) is 0. The topological polar surface area (TPSA) is 35.5 Å². The number of rotatable bonds is 4. The number of ether oxygens (including phenoxy) is 2. The number of Topliss-reactive ketones (excluding diaryl/α,β-unsaturated/α-hetero) is 1. The predicted molar refractivity (Wildman–Crippen MR) is 70.3 cm³/mol. The Bertz CT molecular complexity index is 345. The van der Waals surface area contributed by atoms with Gasteiger partial charge in [-0.15, -0.1) is 0 Å². The molecule has 0 aromatic rings. The van der Waals surface area contributed by atoms with Gasteiger partial charge in [0.15, 0.2) is 5.76 Å². The molecular weight excluding hydrogens is 228 g/mol. The smallest absolute Gasteiger partial charge is 0.228 e. The third-order valence-corrected chi connectivity index (χ3v) is 4.17. The van der Waals surface area contributed by atoms with Crippen molar-refractivity contribution < 1.29 is 14.3 Å². The molecule has 0 radical (unpaired) electrons. The lowest BCUT2D eigenvalue weighted by Crippen LogP contribution is -2.47. The Morgan fingerprint density at radius 1 is 1.33 bits per heavy atom. The zero-order valence-corrected chi connectivity index (χ0v) is 11.8. The molecule has 102 valence electrons. The first kappa shape index (κ1) is 13.6. The number of hydrogen-bond donors (Lipinski definition) is 0. The zero-order chi connectivity index (χ0) is 13.2. The number of ketones is 1. The Balaban J connectivity index is 2.14. The largest absolute Gasteiger partial charge is 0.490 e. The second kappa shape index (κ2) is 5.04. The van der Waals surface area contributed by atoms with Gasteiger partial charge >= 0.3 is 0 Å². The second-order valence-electron chi connectivity index (χ2n) is 6.13. The molecule has 0 unspecified atom stereocenters. The van der Waals surface area contributed by atoms with Crippen molar-refractivity contribution in [2.24, 2.45) is 5.41 Å². The monoisotopic (exact) mass is 252 g/mol. The van der Waals surface area contributed by atoms with Gasteiger partial charge in [-0.3, -0.25) is 4.79 Å². The summed E-state index contributed by atoms with van der Waals surface area (Å²) in [4.78, 5) is 12.6. The molecule has 18 heavy (non-hydrogen) atoms. The summed E-state index contributed by atoms with van der Waals surface area (Å²) in [6.07, 6.45) is 6.44. The quantitative estimate of drug-likeness (QED) is 0.770. The van der Waals surface area contributed by atoms with E-state index in [1.54, 1.807) is 0 Å². The lowest BCUT2D eigenvalue weighted by Gasteiger charge is -2.42. The van der Waals surface area contributed by atoms with E-state index in [1.807, 2.05) is 13.0 Å². The fourth-order valence-corrected chi connectivity index (χ4v) is 2.84. The molecule has 0 saturated heterocycles. The van der Waals surface area contributed by atoms with E-state index in [2.05, 4.69) is 13.8 Å². The molecule has 3 heteroatoms. The maximum absolute atomic E-state index is 12.6. The van der Waals surface area contributed by atoms with Crippen molar-refractivity contribution in [3.63, 3.8) is 0 Å². The SMILES string of the molecule is CCOC1(C(=O)C2=CCCO2)CCC(C)(C)CC1. The van der Waals surface area contributed by atoms with Crippen LogP contribution in [0.25, 0.3) is 0 Å². The van der Waals surface area contributed by atoms with Gasteiger partial charge in [-0.2, -0.15) is 0 Å². The number of carbonyl (C=O) groups is 1. The van der Waals surface area contributed by atoms with Gasteiger partial charge in [0.2, 0.25) is 5.78 Å². The van der Waals surface area contributed by atoms with Crippen LogP contribution in [-0.2, 0) is 14.3 Å². The summed E-state index contributed by atoms with van der Waals surface area (Å²) in [6.45, 7) is 7.70. The van der Waals surface area contributed by atoms with Crippen LogP contribution >= 0.6 is 0 Å². The van der Waals surface area contributed by atoms with Crippen LogP contribution in [0.3, 0.4) is 0 Å². The van der Waals surface area contributed by atoms with E-state index in [0.717, 1.165) is 32.1 Å². The van der Waals surface area contributed by atoms with Gasteiger partial charge in [0, 0.05) is 13.0 Å². The van der Waals surface area contributed by atoms with Crippen LogP contribution in [0.15, 0.2) is 11.8 Å². The third kappa shape index (κ3) is 2.61. The standard InChI is InChI=1S/C15H24O3/c1-4-18-15(9-7-14(2,3)8-10-15)13(16)12-6-5-11-17-12/h6H,4-5,7-11H2,1-3H3. The molecule has 1 saturated carbocycles. The van der Waals surface area contributed by atoms with Crippen LogP contribution in [0.5, 0.6) is 0 Å². The van der Waals surface area contributed by atoms with Crippen LogP contribution in [0.4, 0.5) is 0 Å². The van der Waals surface area contributed by atoms with E-state index in [9.17, 15) is 4.79 Å². The van der Waals surface area contributed by atoms with Crippen LogP contribution < -0.4 is 0 Å². The van der Waals surface area contributed by atoms with E-state index in [1.165, 1.54) is 0 Å². The predicted octanol–water partition coefficient (Wildman–Crippen LogP) is 3.24. The van der Waals surface area contributed by atoms with Crippen molar-refractivity contribution in [2.45, 2.75) is 58.5 Å². The summed E-state index contributed by atoms with van der Waals surface area (Å²) >= 11 is 0. The third-order valence-electron chi connectivity index (χ3n) is 4.17. The first-order valence-corrected chi connectivity index (χ1v) is 7.01. The summed E-state index contributed by atoms with van der Waals surface area (Å²) in [5.74, 6) is 0.598. The molecule has 1 heterocycles. The van der Waals surface area contributed by atoms with Gasteiger partial charge in [-0.05, 0) is 44.1 Å². The summed E-state index contributed by atoms with van der Waals surface area (Å²) in [5.41, 5.74) is -0.299. The van der Waals surface area contributed by atoms with E-state index < -0.39 is 5.60 Å². The van der Waals surface area contributed by atoms with E-state index in [4.69, 9.17) is 9.47 Å². The first-order chi connectivity index (χ1) is 8.49. The fraction of sp³-hybridized carbons (Fsp3) is 0.800. The Kier molecular flexibility index (Phi) is 3.81. The van der Waals surface area contributed by atoms with Crippen LogP contribution in [0.1, 0.15) is 52.9 Å². The number of carbonyl (C=O) groups excluding carboxylic acids is 1. The second-order valence-corrected chi connectivity index (χ2v) is 6.13. The van der Waals surface area contributed by atoms with Gasteiger partial charge in [-0.25, -0.2) is 0 Å². The highest BCUT2D eigenvalue weighted by Gasteiger charge is 2.46. The van der Waals surface area contributed by atoms with Crippen LogP contribution in [0.2, 0.25) is 0 Å². The van der Waals surface area contributed by atoms with Gasteiger partial charge in [0.05, 0.1) is 6.61 Å². The molecule has 0 N–H and O–H groups in total. The molecule has 3 nitrogen and oxygen atoms in total. The van der Waals surface area contributed by atoms with Crippen molar-refractivity contribution >= 4 is 5.78 Å². The molecule has 2 rings (SSSR count). The maximum atomic E-state index is 12.6. The number of hydrogen-bond acceptors (Lipinski definition) is 3. The van der Waals surface area contributed by atoms with Gasteiger partial charge < -0.3 is 9.47 Å². The molecule has 1 fully saturated rings. The van der Waals surface area contributed by atoms with Crippen molar-refractivity contribution in [1.82, 2.24) is 0 Å². The lowest BCUT2D eigenvalue weighted by atomic mass is 9.69. The van der Waals surface area contributed by atoms with E-state index in [0.29, 0.717) is 24.4 Å². The Hall–Kier alpha value is -0.830. The molecule has 1 aliphatic heterocycles. The average molecular weight is 252 g/mol. The van der Waals surface area contributed by atoms with E-state index >= 15 is 0 Å². The van der Waals surface area contributed by atoms with Gasteiger partial charge in [0.25, 0.3) is 0 Å². The van der Waals surface area contributed by atoms with Gasteiger partial charge in [-0.1, -0.05) is 13.8 Å². The minimum atomic E-state index is -0.625. The lowest BCUT2D eigenvalue weighted by molar-refractivity contribution is -0.151. The highest BCUT2D eigenvalue weighted by atomic mass is 16.5. The summed E-state index contributed by atoms with van der Waals surface area (Å²) < 4.78 is 11.3. The van der Waals surface area contributed by atoms with Gasteiger partial charge in [0.1, 0.15) is 5.60 Å². The summed E-state index contributed by atoms with van der Waals surface area (Å²) in [7, 11) is 0. The maximum Gasteiger partial charge on any atom is 0.228 e. The normalized spacial score (nSPS) is 25.4. The first-order valence-electron chi connectivity index (χ1n) is 7.01. The minimum absolute atomic E-state index is 0.0670. The molecule has 0 bridgehead atoms. The molecule has 0 spiro atoms. The van der Waals surface area contributed by atoms with Crippen molar-refractivity contribution in [3.05, 3.63) is 11.8 Å². The molecule has 0 atom stereocenters. The Morgan fingerprint density at radius 2 is 2.00 bits per heavy atom. The fourth-order valence-electron chi connectivity index (χ4n) is 2.84. The molecule has 1 aliphatic carbocycles. The van der Waals surface area contributed by atoms with Crippen molar-refractivity contribution in [2.75, 3.05) is 13.2 Å². The average Bonchev–Trinajstić information content (AvgIpc) is 2.85. The molecule has 0 aromatic heterocycles. The summed E-state index contributed by atoms with van der Waals surface area (Å²) in [6, 6.07) is 0. The highest BCUT2D eigenvalue weighted by molar-refractivity contribution is 6.00. The van der Waals surface area contributed by atoms with Crippen LogP contribution in [-0.4, -0.2) is 24.6 Å². The zero-order valence-electron chi connectivity index (χ0n) is 11.8.